The first-order valence-corrected chi connectivity index (χ1v) is 9.93. The molecule has 2 aromatic carbocycles. The van der Waals surface area contributed by atoms with Crippen molar-refractivity contribution in [2.24, 2.45) is 0 Å². The molecular weight excluding hydrogens is 386 g/mol. The van der Waals surface area contributed by atoms with E-state index in [-0.39, 0.29) is 5.91 Å². The smallest absolute Gasteiger partial charge is 0.255 e. The molecule has 2 N–H and O–H groups in total. The maximum absolute atomic E-state index is 12.7. The summed E-state index contributed by atoms with van der Waals surface area (Å²) in [4.78, 5) is 22.9. The topological polar surface area (TPSA) is 70.2 Å². The molecule has 2 aromatic heterocycles. The largest absolute Gasteiger partial charge is 0.355 e. The molecule has 0 aliphatic rings. The Morgan fingerprint density at radius 3 is 2.26 bits per heavy atom. The monoisotopic (exact) mass is 409 g/mol. The Balaban J connectivity index is 1.44. The second-order valence-electron chi connectivity index (χ2n) is 7.16. The molecule has 154 valence electrons. The van der Waals surface area contributed by atoms with Gasteiger partial charge in [0.25, 0.3) is 5.91 Å². The zero-order valence-corrected chi connectivity index (χ0v) is 17.4. The molecule has 0 fully saturated rings. The number of rotatable bonds is 6. The quantitative estimate of drug-likeness (QED) is 0.437. The summed E-state index contributed by atoms with van der Waals surface area (Å²) in [5.74, 6) is -0.157. The fraction of sp³-hybridized carbons (Fsp3) is 0.0800. The number of benzene rings is 2. The molecule has 0 atom stereocenters. The molecular formula is C25H23N5O. The molecule has 0 saturated carbocycles. The van der Waals surface area contributed by atoms with Gasteiger partial charge in [-0.05, 0) is 73.2 Å². The summed E-state index contributed by atoms with van der Waals surface area (Å²) in [7, 11) is 1.98. The average molecular weight is 409 g/mol. The van der Waals surface area contributed by atoms with Crippen LogP contribution >= 0.6 is 0 Å². The first kappa shape index (κ1) is 20.1. The number of aryl methyl sites for hydroxylation is 1. The zero-order valence-electron chi connectivity index (χ0n) is 17.4. The highest BCUT2D eigenvalue weighted by molar-refractivity contribution is 6.04. The molecule has 2 heterocycles. The molecule has 4 rings (SSSR count). The van der Waals surface area contributed by atoms with E-state index in [0.717, 1.165) is 34.0 Å². The van der Waals surface area contributed by atoms with Gasteiger partial charge in [0.15, 0.2) is 0 Å². The lowest BCUT2D eigenvalue weighted by atomic mass is 10.1. The van der Waals surface area contributed by atoms with E-state index in [4.69, 9.17) is 0 Å². The number of anilines is 5. The second kappa shape index (κ2) is 9.09. The van der Waals surface area contributed by atoms with Gasteiger partial charge in [-0.1, -0.05) is 6.07 Å². The number of hydrogen-bond acceptors (Lipinski definition) is 5. The number of nitrogens with one attached hydrogen (secondary N) is 2. The van der Waals surface area contributed by atoms with Crippen LogP contribution in [0.15, 0.2) is 91.5 Å². The van der Waals surface area contributed by atoms with Gasteiger partial charge >= 0.3 is 0 Å². The lowest BCUT2D eigenvalue weighted by molar-refractivity contribution is 0.102. The SMILES string of the molecule is Cc1cnccc1Nc1cccc(NC(=O)c2ccc(N(C)c3ccncc3)cc2)c1. The number of hydrogen-bond donors (Lipinski definition) is 2. The third-order valence-corrected chi connectivity index (χ3v) is 4.99. The van der Waals surface area contributed by atoms with Crippen LogP contribution in [-0.2, 0) is 0 Å². The van der Waals surface area contributed by atoms with Crippen LogP contribution in [0.1, 0.15) is 15.9 Å². The van der Waals surface area contributed by atoms with Gasteiger partial charge in [0.05, 0.1) is 0 Å². The minimum absolute atomic E-state index is 0.157. The number of carbonyl (C=O) groups is 1. The summed E-state index contributed by atoms with van der Waals surface area (Å²) in [5.41, 5.74) is 6.25. The molecule has 0 saturated heterocycles. The molecule has 6 nitrogen and oxygen atoms in total. The maximum Gasteiger partial charge on any atom is 0.255 e. The van der Waals surface area contributed by atoms with Crippen molar-refractivity contribution in [1.29, 1.82) is 0 Å². The van der Waals surface area contributed by atoms with Crippen LogP contribution in [0.3, 0.4) is 0 Å². The first-order valence-electron chi connectivity index (χ1n) is 9.93. The minimum Gasteiger partial charge on any atom is -0.355 e. The van der Waals surface area contributed by atoms with Gasteiger partial charge in [0, 0.05) is 65.8 Å². The number of amides is 1. The van der Waals surface area contributed by atoms with Gasteiger partial charge in [-0.15, -0.1) is 0 Å². The Hall–Kier alpha value is -4.19. The average Bonchev–Trinajstić information content (AvgIpc) is 2.81. The molecule has 0 bridgehead atoms. The van der Waals surface area contributed by atoms with Gasteiger partial charge in [0.2, 0.25) is 0 Å². The van der Waals surface area contributed by atoms with Crippen molar-refractivity contribution in [3.05, 3.63) is 103 Å². The molecule has 0 radical (unpaired) electrons. The van der Waals surface area contributed by atoms with Gasteiger partial charge in [-0.2, -0.15) is 0 Å². The standard InChI is InChI=1S/C25H23N5O/c1-18-17-27-15-12-24(18)28-20-4-3-5-21(16-20)29-25(31)19-6-8-22(9-7-19)30(2)23-10-13-26-14-11-23/h3-17H,1-2H3,(H,27,28)(H,29,31). The molecule has 0 spiro atoms. The first-order chi connectivity index (χ1) is 15.1. The van der Waals surface area contributed by atoms with E-state index in [2.05, 4.69) is 20.6 Å². The van der Waals surface area contributed by atoms with Crippen LogP contribution < -0.4 is 15.5 Å². The summed E-state index contributed by atoms with van der Waals surface area (Å²) in [6.07, 6.45) is 7.07. The van der Waals surface area contributed by atoms with Crippen LogP contribution in [-0.4, -0.2) is 22.9 Å². The summed E-state index contributed by atoms with van der Waals surface area (Å²) >= 11 is 0. The minimum atomic E-state index is -0.157. The van der Waals surface area contributed by atoms with Gasteiger partial charge in [-0.3, -0.25) is 14.8 Å². The fourth-order valence-corrected chi connectivity index (χ4v) is 3.20. The third-order valence-electron chi connectivity index (χ3n) is 4.99. The van der Waals surface area contributed by atoms with Crippen molar-refractivity contribution in [3.63, 3.8) is 0 Å². The van der Waals surface area contributed by atoms with Crippen molar-refractivity contribution in [2.75, 3.05) is 22.6 Å². The number of pyridine rings is 2. The maximum atomic E-state index is 12.7. The van der Waals surface area contributed by atoms with E-state index >= 15 is 0 Å². The van der Waals surface area contributed by atoms with Gasteiger partial charge < -0.3 is 15.5 Å². The molecule has 31 heavy (non-hydrogen) atoms. The fourth-order valence-electron chi connectivity index (χ4n) is 3.20. The predicted molar refractivity (Wildman–Crippen MR) is 125 cm³/mol. The summed E-state index contributed by atoms with van der Waals surface area (Å²) in [5, 5.41) is 6.33. The van der Waals surface area contributed by atoms with Crippen molar-refractivity contribution in [3.8, 4) is 0 Å². The Labute approximate surface area is 181 Å². The second-order valence-corrected chi connectivity index (χ2v) is 7.16. The lowest BCUT2D eigenvalue weighted by Crippen LogP contribution is -2.13. The number of nitrogens with zero attached hydrogens (tertiary/aromatic N) is 3. The Kier molecular flexibility index (Phi) is 5.89. The van der Waals surface area contributed by atoms with Crippen LogP contribution in [0.4, 0.5) is 28.4 Å². The lowest BCUT2D eigenvalue weighted by Gasteiger charge is -2.19. The number of carbonyl (C=O) groups excluding carboxylic acids is 1. The summed E-state index contributed by atoms with van der Waals surface area (Å²) < 4.78 is 0. The van der Waals surface area contributed by atoms with E-state index in [0.29, 0.717) is 5.56 Å². The highest BCUT2D eigenvalue weighted by atomic mass is 16.1. The Morgan fingerprint density at radius 2 is 1.52 bits per heavy atom. The predicted octanol–water partition coefficient (Wildman–Crippen LogP) is 5.55. The molecule has 6 heteroatoms. The summed E-state index contributed by atoms with van der Waals surface area (Å²) in [6, 6.07) is 20.9. The van der Waals surface area contributed by atoms with Crippen molar-refractivity contribution in [2.45, 2.75) is 6.92 Å². The van der Waals surface area contributed by atoms with E-state index in [9.17, 15) is 4.79 Å². The van der Waals surface area contributed by atoms with Crippen LogP contribution in [0.25, 0.3) is 0 Å². The molecule has 1 amide bonds. The highest BCUT2D eigenvalue weighted by Gasteiger charge is 2.09. The van der Waals surface area contributed by atoms with Crippen LogP contribution in [0, 0.1) is 6.92 Å². The van der Waals surface area contributed by atoms with E-state index < -0.39 is 0 Å². The molecule has 0 unspecified atom stereocenters. The molecule has 0 aliphatic carbocycles. The number of aromatic nitrogens is 2. The van der Waals surface area contributed by atoms with Crippen LogP contribution in [0.5, 0.6) is 0 Å². The Morgan fingerprint density at radius 1 is 0.839 bits per heavy atom. The van der Waals surface area contributed by atoms with E-state index in [1.807, 2.05) is 91.8 Å². The molecule has 4 aromatic rings. The Bertz CT molecular complexity index is 1180. The normalized spacial score (nSPS) is 10.4. The van der Waals surface area contributed by atoms with E-state index in [1.165, 1.54) is 0 Å². The van der Waals surface area contributed by atoms with Gasteiger partial charge in [0.1, 0.15) is 0 Å². The zero-order chi connectivity index (χ0) is 21.6. The van der Waals surface area contributed by atoms with Crippen molar-refractivity contribution < 1.29 is 4.79 Å². The van der Waals surface area contributed by atoms with Crippen LogP contribution in [0.2, 0.25) is 0 Å². The van der Waals surface area contributed by atoms with Crippen molar-refractivity contribution >= 4 is 34.3 Å². The van der Waals surface area contributed by atoms with Gasteiger partial charge in [-0.25, -0.2) is 0 Å². The highest BCUT2D eigenvalue weighted by Crippen LogP contribution is 2.24. The van der Waals surface area contributed by atoms with Crippen molar-refractivity contribution in [1.82, 2.24) is 9.97 Å². The molecule has 0 aliphatic heterocycles. The van der Waals surface area contributed by atoms with E-state index in [1.54, 1.807) is 18.6 Å². The third kappa shape index (κ3) is 4.87. The summed E-state index contributed by atoms with van der Waals surface area (Å²) in [6.45, 7) is 2.00.